The number of hydrogen-bond donors (Lipinski definition) is 1. The average molecular weight is 354 g/mol. The van der Waals surface area contributed by atoms with Crippen LogP contribution < -0.4 is 5.32 Å². The first-order chi connectivity index (χ1) is 9.66. The maximum atomic E-state index is 12.5. The van der Waals surface area contributed by atoms with Gasteiger partial charge < -0.3 is 5.32 Å². The summed E-state index contributed by atoms with van der Waals surface area (Å²) in [5.41, 5.74) is -0.532. The summed E-state index contributed by atoms with van der Waals surface area (Å²) in [6.07, 6.45) is 4.36. The molecule has 22 heavy (non-hydrogen) atoms. The van der Waals surface area contributed by atoms with E-state index in [1.54, 1.807) is 0 Å². The number of carbonyl (C=O) groups excluding carboxylic acids is 2. The zero-order valence-corrected chi connectivity index (χ0v) is 14.5. The van der Waals surface area contributed by atoms with E-state index in [1.165, 1.54) is 7.11 Å². The predicted octanol–water partition coefficient (Wildman–Crippen LogP) is 0.984. The van der Waals surface area contributed by atoms with E-state index < -0.39 is 5.41 Å². The van der Waals surface area contributed by atoms with Crippen molar-refractivity contribution in [1.29, 1.82) is 0 Å². The molecule has 0 bridgehead atoms. The molecule has 1 spiro atoms. The van der Waals surface area contributed by atoms with E-state index >= 15 is 0 Å². The van der Waals surface area contributed by atoms with E-state index in [0.717, 1.165) is 50.4 Å². The molecule has 3 saturated heterocycles. The lowest BCUT2D eigenvalue weighted by Crippen LogP contribution is -2.53. The number of hydroxylamine groups is 2. The first-order valence-corrected chi connectivity index (χ1v) is 7.52. The van der Waals surface area contributed by atoms with Crippen LogP contribution in [0.4, 0.5) is 0 Å². The van der Waals surface area contributed by atoms with Gasteiger partial charge in [0.05, 0.1) is 12.5 Å². The van der Waals surface area contributed by atoms with Gasteiger partial charge in [-0.05, 0) is 45.3 Å². The van der Waals surface area contributed by atoms with Gasteiger partial charge in [0.15, 0.2) is 0 Å². The van der Waals surface area contributed by atoms with E-state index in [2.05, 4.69) is 10.2 Å². The molecule has 8 heteroatoms. The van der Waals surface area contributed by atoms with Crippen LogP contribution in [0.15, 0.2) is 0 Å². The molecule has 0 radical (unpaired) electrons. The molecular formula is C14H25Cl2N3O3. The Morgan fingerprint density at radius 2 is 1.91 bits per heavy atom. The molecule has 3 fully saturated rings. The second-order valence-corrected chi connectivity index (χ2v) is 6.19. The zero-order valence-electron chi connectivity index (χ0n) is 12.9. The number of rotatable bonds is 2. The normalized spacial score (nSPS) is 30.3. The molecule has 1 unspecified atom stereocenters. The molecule has 3 aliphatic rings. The van der Waals surface area contributed by atoms with E-state index in [9.17, 15) is 9.59 Å². The molecule has 0 aromatic rings. The van der Waals surface area contributed by atoms with Crippen LogP contribution in [0.3, 0.4) is 0 Å². The van der Waals surface area contributed by atoms with Crippen molar-refractivity contribution in [2.75, 3.05) is 33.3 Å². The molecule has 2 amide bonds. The van der Waals surface area contributed by atoms with Gasteiger partial charge in [-0.15, -0.1) is 24.8 Å². The molecule has 3 aliphatic heterocycles. The maximum absolute atomic E-state index is 12.5. The second-order valence-electron chi connectivity index (χ2n) is 6.19. The lowest BCUT2D eigenvalue weighted by atomic mass is 9.77. The smallest absolute Gasteiger partial charge is 0.261 e. The lowest BCUT2D eigenvalue weighted by molar-refractivity contribution is -0.183. The van der Waals surface area contributed by atoms with Gasteiger partial charge in [0.2, 0.25) is 0 Å². The number of imide groups is 1. The molecule has 128 valence electrons. The molecule has 0 saturated carbocycles. The Morgan fingerprint density at radius 1 is 1.23 bits per heavy atom. The fourth-order valence-corrected chi connectivity index (χ4v) is 3.92. The van der Waals surface area contributed by atoms with Crippen molar-refractivity contribution in [3.63, 3.8) is 0 Å². The number of hydrogen-bond acceptors (Lipinski definition) is 5. The fraction of sp³-hybridized carbons (Fsp3) is 0.857. The Labute approximate surface area is 143 Å². The molecule has 1 atom stereocenters. The van der Waals surface area contributed by atoms with Gasteiger partial charge in [-0.3, -0.25) is 19.3 Å². The van der Waals surface area contributed by atoms with Crippen LogP contribution in [0.1, 0.15) is 32.1 Å². The van der Waals surface area contributed by atoms with Crippen LogP contribution in [0.25, 0.3) is 0 Å². The van der Waals surface area contributed by atoms with Crippen LogP contribution in [0.2, 0.25) is 0 Å². The molecule has 1 N–H and O–H groups in total. The Morgan fingerprint density at radius 3 is 2.50 bits per heavy atom. The Hall–Kier alpha value is -0.400. The Balaban J connectivity index is 0.00000121. The third-order valence-corrected chi connectivity index (χ3v) is 4.97. The summed E-state index contributed by atoms with van der Waals surface area (Å²) in [7, 11) is 1.39. The monoisotopic (exact) mass is 353 g/mol. The van der Waals surface area contributed by atoms with Gasteiger partial charge in [0.1, 0.15) is 0 Å². The average Bonchev–Trinajstić information content (AvgIpc) is 2.70. The molecule has 3 heterocycles. The SMILES string of the molecule is CON1C(=O)CC2(CCCN(C3CCNCC3)C2)C1=O.Cl.Cl. The van der Waals surface area contributed by atoms with Crippen molar-refractivity contribution >= 4 is 36.6 Å². The summed E-state index contributed by atoms with van der Waals surface area (Å²) in [4.78, 5) is 31.8. The summed E-state index contributed by atoms with van der Waals surface area (Å²) in [5, 5.41) is 4.34. The number of carbonyl (C=O) groups is 2. The number of halogens is 2. The third kappa shape index (κ3) is 3.41. The number of piperidine rings is 2. The minimum absolute atomic E-state index is 0. The number of likely N-dealkylation sites (tertiary alicyclic amines) is 1. The third-order valence-electron chi connectivity index (χ3n) is 4.97. The second kappa shape index (κ2) is 7.93. The summed E-state index contributed by atoms with van der Waals surface area (Å²) in [5.74, 6) is -0.326. The highest BCUT2D eigenvalue weighted by molar-refractivity contribution is 6.05. The van der Waals surface area contributed by atoms with Crippen LogP contribution >= 0.6 is 24.8 Å². The maximum Gasteiger partial charge on any atom is 0.261 e. The van der Waals surface area contributed by atoms with Crippen molar-refractivity contribution in [1.82, 2.24) is 15.3 Å². The van der Waals surface area contributed by atoms with Crippen LogP contribution in [-0.2, 0) is 14.4 Å². The summed E-state index contributed by atoms with van der Waals surface area (Å²) < 4.78 is 0. The lowest BCUT2D eigenvalue weighted by Gasteiger charge is -2.43. The molecular weight excluding hydrogens is 329 g/mol. The Bertz CT molecular complexity index is 418. The topological polar surface area (TPSA) is 61.9 Å². The summed E-state index contributed by atoms with van der Waals surface area (Å²) >= 11 is 0. The van der Waals surface area contributed by atoms with E-state index in [-0.39, 0.29) is 36.6 Å². The first-order valence-electron chi connectivity index (χ1n) is 7.52. The van der Waals surface area contributed by atoms with Gasteiger partial charge in [-0.2, -0.15) is 5.06 Å². The highest BCUT2D eigenvalue weighted by Gasteiger charge is 2.54. The fourth-order valence-electron chi connectivity index (χ4n) is 3.92. The number of nitrogens with one attached hydrogen (secondary N) is 1. The number of amides is 2. The largest absolute Gasteiger partial charge is 0.317 e. The van der Waals surface area contributed by atoms with Gasteiger partial charge in [-0.1, -0.05) is 0 Å². The van der Waals surface area contributed by atoms with Crippen molar-refractivity contribution in [2.24, 2.45) is 5.41 Å². The van der Waals surface area contributed by atoms with Crippen molar-refractivity contribution in [2.45, 2.75) is 38.1 Å². The predicted molar refractivity (Wildman–Crippen MR) is 87.1 cm³/mol. The van der Waals surface area contributed by atoms with Gasteiger partial charge in [0, 0.05) is 19.0 Å². The van der Waals surface area contributed by atoms with E-state index in [0.29, 0.717) is 19.0 Å². The van der Waals surface area contributed by atoms with Crippen molar-refractivity contribution < 1.29 is 14.4 Å². The Kier molecular flexibility index (Phi) is 7.08. The molecule has 0 aromatic heterocycles. The first kappa shape index (κ1) is 19.6. The van der Waals surface area contributed by atoms with Crippen LogP contribution in [0.5, 0.6) is 0 Å². The van der Waals surface area contributed by atoms with Crippen molar-refractivity contribution in [3.05, 3.63) is 0 Å². The summed E-state index contributed by atoms with van der Waals surface area (Å²) in [6, 6.07) is 0.549. The van der Waals surface area contributed by atoms with E-state index in [4.69, 9.17) is 4.84 Å². The van der Waals surface area contributed by atoms with Gasteiger partial charge >= 0.3 is 0 Å². The minimum Gasteiger partial charge on any atom is -0.317 e. The van der Waals surface area contributed by atoms with E-state index in [1.807, 2.05) is 0 Å². The minimum atomic E-state index is -0.532. The van der Waals surface area contributed by atoms with Crippen LogP contribution in [-0.4, -0.2) is 61.1 Å². The van der Waals surface area contributed by atoms with Gasteiger partial charge in [-0.25, -0.2) is 0 Å². The quantitative estimate of drug-likeness (QED) is 0.750. The van der Waals surface area contributed by atoms with Crippen LogP contribution in [0, 0.1) is 5.41 Å². The number of nitrogens with zero attached hydrogens (tertiary/aromatic N) is 2. The highest BCUT2D eigenvalue weighted by Crippen LogP contribution is 2.41. The molecule has 3 rings (SSSR count). The van der Waals surface area contributed by atoms with Gasteiger partial charge in [0.25, 0.3) is 11.8 Å². The highest BCUT2D eigenvalue weighted by atomic mass is 35.5. The molecule has 6 nitrogen and oxygen atoms in total. The molecule has 0 aromatic carbocycles. The zero-order chi connectivity index (χ0) is 14.2. The summed E-state index contributed by atoms with van der Waals surface area (Å²) in [6.45, 7) is 3.85. The molecule has 0 aliphatic carbocycles. The standard InChI is InChI=1S/C14H23N3O3.2ClH/c1-20-17-12(18)9-14(13(17)19)5-2-8-16(10-14)11-3-6-15-7-4-11;;/h11,15H,2-10H2,1H3;2*1H. The van der Waals surface area contributed by atoms with Crippen molar-refractivity contribution in [3.8, 4) is 0 Å².